The minimum absolute atomic E-state index is 0.958. The molecule has 0 atom stereocenters. The number of aromatic nitrogens is 1. The summed E-state index contributed by atoms with van der Waals surface area (Å²) in [6, 6.07) is 27.8. The predicted octanol–water partition coefficient (Wildman–Crippen LogP) is 7.50. The number of benzene rings is 4. The molecule has 164 valence electrons. The number of hydrogen-bond acceptors (Lipinski definition) is 2. The van der Waals surface area contributed by atoms with Gasteiger partial charge in [0.1, 0.15) is 0 Å². The van der Waals surface area contributed by atoms with Crippen molar-refractivity contribution in [2.75, 3.05) is 4.90 Å². The summed E-state index contributed by atoms with van der Waals surface area (Å²) in [6.07, 6.45) is 7.99. The van der Waals surface area contributed by atoms with Gasteiger partial charge in [0.15, 0.2) is 0 Å². The summed E-state index contributed by atoms with van der Waals surface area (Å²) in [7, 11) is 0. The van der Waals surface area contributed by atoms with Crippen LogP contribution in [0.15, 0.2) is 85.2 Å². The lowest BCUT2D eigenvalue weighted by Crippen LogP contribution is -2.25. The first kappa shape index (κ1) is 18.2. The minimum atomic E-state index is 0.958. The summed E-state index contributed by atoms with van der Waals surface area (Å²) < 4.78 is 0. The normalized spacial score (nSPS) is 14.9. The minimum Gasteiger partial charge on any atom is -0.309 e. The third-order valence-corrected chi connectivity index (χ3v) is 8.55. The Morgan fingerprint density at radius 2 is 1.23 bits per heavy atom. The van der Waals surface area contributed by atoms with E-state index >= 15 is 0 Å². The molecule has 0 amide bonds. The molecule has 2 heteroatoms. The van der Waals surface area contributed by atoms with Crippen molar-refractivity contribution in [2.45, 2.75) is 25.7 Å². The van der Waals surface area contributed by atoms with E-state index in [0.29, 0.717) is 0 Å². The number of rotatable bonds is 0. The molecule has 0 spiro atoms. The first-order valence-corrected chi connectivity index (χ1v) is 12.6. The monoisotopic (exact) mass is 446 g/mol. The molecule has 2 nitrogen and oxygen atoms in total. The molecule has 9 rings (SSSR count). The second-order valence-electron chi connectivity index (χ2n) is 10.4. The van der Waals surface area contributed by atoms with Gasteiger partial charge in [0.05, 0.1) is 17.1 Å². The molecule has 0 unspecified atom stereocenters. The summed E-state index contributed by atoms with van der Waals surface area (Å²) in [6.45, 7) is 0. The van der Waals surface area contributed by atoms with Crippen LogP contribution in [0.2, 0.25) is 0 Å². The van der Waals surface area contributed by atoms with Crippen LogP contribution in [-0.4, -0.2) is 4.98 Å². The largest absolute Gasteiger partial charge is 0.309 e. The van der Waals surface area contributed by atoms with Gasteiger partial charge in [-0.05, 0) is 97.8 Å². The van der Waals surface area contributed by atoms with E-state index in [1.54, 1.807) is 0 Å². The molecular formula is C33H22N2. The molecule has 2 aliphatic carbocycles. The Morgan fingerprint density at radius 3 is 2.11 bits per heavy atom. The van der Waals surface area contributed by atoms with Crippen LogP contribution in [0.1, 0.15) is 44.5 Å². The average molecular weight is 447 g/mol. The molecule has 35 heavy (non-hydrogen) atoms. The Kier molecular flexibility index (Phi) is 3.27. The van der Waals surface area contributed by atoms with Gasteiger partial charge in [-0.2, -0.15) is 0 Å². The molecule has 0 N–H and O–H groups in total. The van der Waals surface area contributed by atoms with Crippen molar-refractivity contribution in [3.05, 3.63) is 130 Å². The molecule has 4 aliphatic rings. The summed E-state index contributed by atoms with van der Waals surface area (Å²) in [4.78, 5) is 6.97. The van der Waals surface area contributed by atoms with Gasteiger partial charge in [-0.1, -0.05) is 54.6 Å². The summed E-state index contributed by atoms with van der Waals surface area (Å²) in [5.74, 6) is 0. The number of pyridine rings is 1. The third-order valence-electron chi connectivity index (χ3n) is 8.55. The van der Waals surface area contributed by atoms with E-state index < -0.39 is 0 Å². The fraction of sp³-hybridized carbons (Fsp3) is 0.121. The number of hydrogen-bond donors (Lipinski definition) is 0. The van der Waals surface area contributed by atoms with Crippen LogP contribution in [0.5, 0.6) is 0 Å². The lowest BCUT2D eigenvalue weighted by Gasteiger charge is -2.39. The molecule has 3 heterocycles. The van der Waals surface area contributed by atoms with E-state index in [1.807, 2.05) is 12.4 Å². The first-order chi connectivity index (χ1) is 17.3. The van der Waals surface area contributed by atoms with Crippen LogP contribution >= 0.6 is 0 Å². The van der Waals surface area contributed by atoms with Crippen molar-refractivity contribution < 1.29 is 0 Å². The molecule has 2 aliphatic heterocycles. The molecule has 4 aromatic carbocycles. The molecule has 0 saturated carbocycles. The molecular weight excluding hydrogens is 424 g/mol. The Morgan fingerprint density at radius 1 is 0.514 bits per heavy atom. The maximum Gasteiger partial charge on any atom is 0.0532 e. The number of para-hydroxylation sites is 1. The van der Waals surface area contributed by atoms with Gasteiger partial charge in [-0.25, -0.2) is 0 Å². The Hall–Kier alpha value is -4.17. The van der Waals surface area contributed by atoms with Gasteiger partial charge in [0, 0.05) is 25.2 Å². The van der Waals surface area contributed by atoms with E-state index in [-0.39, 0.29) is 0 Å². The van der Waals surface area contributed by atoms with Crippen molar-refractivity contribution in [3.63, 3.8) is 0 Å². The Bertz CT molecular complexity index is 1760. The zero-order chi connectivity index (χ0) is 22.7. The van der Waals surface area contributed by atoms with E-state index in [4.69, 9.17) is 0 Å². The molecule has 0 radical (unpaired) electrons. The number of nitrogens with zero attached hydrogens (tertiary/aromatic N) is 2. The van der Waals surface area contributed by atoms with Crippen molar-refractivity contribution in [1.29, 1.82) is 0 Å². The van der Waals surface area contributed by atoms with Crippen LogP contribution in [0.3, 0.4) is 0 Å². The van der Waals surface area contributed by atoms with Gasteiger partial charge in [-0.3, -0.25) is 4.98 Å². The van der Waals surface area contributed by atoms with Gasteiger partial charge in [-0.15, -0.1) is 0 Å². The maximum atomic E-state index is 4.45. The SMILES string of the molecule is c1ccc2c(c1)Cc1ccc3c(c1-2)-c1cc2c(cc1C3)N1c3ccncc3Cc3cccc(c31)C2. The van der Waals surface area contributed by atoms with Gasteiger partial charge >= 0.3 is 0 Å². The van der Waals surface area contributed by atoms with Crippen molar-refractivity contribution >= 4 is 17.1 Å². The van der Waals surface area contributed by atoms with E-state index in [1.165, 1.54) is 83.8 Å². The van der Waals surface area contributed by atoms with Crippen LogP contribution in [-0.2, 0) is 25.7 Å². The quantitative estimate of drug-likeness (QED) is 0.240. The van der Waals surface area contributed by atoms with Gasteiger partial charge in [0.25, 0.3) is 0 Å². The van der Waals surface area contributed by atoms with E-state index in [0.717, 1.165) is 25.7 Å². The second kappa shape index (κ2) is 6.28. The lowest BCUT2D eigenvalue weighted by atomic mass is 9.85. The second-order valence-corrected chi connectivity index (χ2v) is 10.4. The average Bonchev–Trinajstić information content (AvgIpc) is 3.44. The first-order valence-electron chi connectivity index (χ1n) is 12.6. The highest BCUT2D eigenvalue weighted by Crippen LogP contribution is 2.54. The smallest absolute Gasteiger partial charge is 0.0532 e. The Balaban J connectivity index is 1.30. The Labute approximate surface area is 204 Å². The van der Waals surface area contributed by atoms with Gasteiger partial charge < -0.3 is 4.90 Å². The lowest BCUT2D eigenvalue weighted by molar-refractivity contribution is 0.998. The molecule has 0 fully saturated rings. The molecule has 5 aromatic rings. The summed E-state index contributed by atoms with van der Waals surface area (Å²) >= 11 is 0. The van der Waals surface area contributed by atoms with Gasteiger partial charge in [0.2, 0.25) is 0 Å². The predicted molar refractivity (Wildman–Crippen MR) is 141 cm³/mol. The van der Waals surface area contributed by atoms with Crippen molar-refractivity contribution in [2.24, 2.45) is 0 Å². The number of fused-ring (bicyclic) bond motifs is 11. The number of anilines is 3. The van der Waals surface area contributed by atoms with Crippen LogP contribution in [0.25, 0.3) is 22.3 Å². The van der Waals surface area contributed by atoms with Crippen LogP contribution < -0.4 is 4.90 Å². The standard InChI is InChI=1S/C33H22N2/c1-2-7-27-19(4-1)12-20-8-9-21-13-24-17-30-25(16-28(24)32(21)31(20)27)14-22-5-3-6-23-15-26-18-34-11-10-29(26)35(30)33(22)23/h1-11,16-18H,12-15H2. The molecule has 1 aromatic heterocycles. The molecule has 0 saturated heterocycles. The van der Waals surface area contributed by atoms with E-state index in [2.05, 4.69) is 82.7 Å². The molecule has 0 bridgehead atoms. The highest BCUT2D eigenvalue weighted by Gasteiger charge is 2.34. The highest BCUT2D eigenvalue weighted by atomic mass is 15.2. The highest BCUT2D eigenvalue weighted by molar-refractivity contribution is 5.98. The topological polar surface area (TPSA) is 16.1 Å². The van der Waals surface area contributed by atoms with Crippen LogP contribution in [0, 0.1) is 0 Å². The zero-order valence-electron chi connectivity index (χ0n) is 19.3. The fourth-order valence-corrected chi connectivity index (χ4v) is 7.10. The fourth-order valence-electron chi connectivity index (χ4n) is 7.10. The maximum absolute atomic E-state index is 4.45. The third kappa shape index (κ3) is 2.27. The summed E-state index contributed by atoms with van der Waals surface area (Å²) in [5.41, 5.74) is 21.3. The summed E-state index contributed by atoms with van der Waals surface area (Å²) in [5, 5.41) is 0. The zero-order valence-corrected chi connectivity index (χ0v) is 19.3. The van der Waals surface area contributed by atoms with Crippen LogP contribution in [0.4, 0.5) is 17.1 Å². The van der Waals surface area contributed by atoms with Crippen molar-refractivity contribution in [1.82, 2.24) is 4.98 Å². The van der Waals surface area contributed by atoms with Crippen molar-refractivity contribution in [3.8, 4) is 22.3 Å². The van der Waals surface area contributed by atoms with E-state index in [9.17, 15) is 0 Å².